The molecule has 0 aliphatic rings. The van der Waals surface area contributed by atoms with Gasteiger partial charge in [-0.1, -0.05) is 0 Å². The number of aromatic amines is 2. The number of hydrogen-bond donors (Lipinski definition) is 2. The number of carbonyl (C=O) groups is 2. The van der Waals surface area contributed by atoms with Gasteiger partial charge >= 0.3 is 17.6 Å². The van der Waals surface area contributed by atoms with Gasteiger partial charge in [0.2, 0.25) is 0 Å². The highest BCUT2D eigenvalue weighted by Crippen LogP contribution is 2.30. The highest BCUT2D eigenvalue weighted by molar-refractivity contribution is 6.10. The lowest BCUT2D eigenvalue weighted by Gasteiger charge is -2.13. The largest absolute Gasteiger partial charge is 0.494 e. The lowest BCUT2D eigenvalue weighted by atomic mass is 10.0. The maximum absolute atomic E-state index is 12.0. The first-order valence-corrected chi connectivity index (χ1v) is 5.98. The average Bonchev–Trinajstić information content (AvgIpc) is 2.51. The van der Waals surface area contributed by atoms with Crippen molar-refractivity contribution in [2.75, 3.05) is 21.3 Å². The number of aromatic nitrogens is 2. The standard InChI is InChI=1S/C13H12N2O7/c1-20-9-7(12(18)22-3)5(11(17)21-2)4-6-8(9)14-13(19)15-10(6)16/h4H,1-3H3,(H2,14,15,16,19). The number of benzene rings is 1. The summed E-state index contributed by atoms with van der Waals surface area (Å²) in [5.74, 6) is -1.89. The Balaban J connectivity index is 3.06. The third kappa shape index (κ3) is 2.32. The minimum atomic E-state index is -0.875. The smallest absolute Gasteiger partial charge is 0.342 e. The molecule has 0 aliphatic carbocycles. The highest BCUT2D eigenvalue weighted by Gasteiger charge is 2.27. The molecule has 116 valence electrons. The number of hydrogen-bond acceptors (Lipinski definition) is 7. The van der Waals surface area contributed by atoms with E-state index in [0.29, 0.717) is 0 Å². The van der Waals surface area contributed by atoms with Crippen molar-refractivity contribution < 1.29 is 23.8 Å². The summed E-state index contributed by atoms with van der Waals surface area (Å²) in [6.45, 7) is 0. The first kappa shape index (κ1) is 15.3. The zero-order valence-electron chi connectivity index (χ0n) is 11.9. The molecule has 0 unspecified atom stereocenters. The summed E-state index contributed by atoms with van der Waals surface area (Å²) in [6.07, 6.45) is 0. The van der Waals surface area contributed by atoms with Gasteiger partial charge in [0.05, 0.1) is 37.8 Å². The van der Waals surface area contributed by atoms with Gasteiger partial charge in [-0.25, -0.2) is 14.4 Å². The van der Waals surface area contributed by atoms with Crippen LogP contribution in [0.15, 0.2) is 15.7 Å². The lowest BCUT2D eigenvalue weighted by Crippen LogP contribution is -2.24. The van der Waals surface area contributed by atoms with Crippen LogP contribution in [0.4, 0.5) is 0 Å². The lowest BCUT2D eigenvalue weighted by molar-refractivity contribution is 0.0552. The van der Waals surface area contributed by atoms with Gasteiger partial charge in [0.25, 0.3) is 5.56 Å². The van der Waals surface area contributed by atoms with Crippen molar-refractivity contribution in [2.24, 2.45) is 0 Å². The molecule has 0 spiro atoms. The van der Waals surface area contributed by atoms with Crippen LogP contribution >= 0.6 is 0 Å². The molecule has 9 nitrogen and oxygen atoms in total. The van der Waals surface area contributed by atoms with Gasteiger partial charge in [0.15, 0.2) is 5.75 Å². The van der Waals surface area contributed by atoms with Gasteiger partial charge in [-0.05, 0) is 6.07 Å². The molecule has 0 atom stereocenters. The van der Waals surface area contributed by atoms with Crippen molar-refractivity contribution in [3.63, 3.8) is 0 Å². The van der Waals surface area contributed by atoms with Crippen LogP contribution in [0.25, 0.3) is 10.9 Å². The van der Waals surface area contributed by atoms with E-state index in [2.05, 4.69) is 14.5 Å². The maximum Gasteiger partial charge on any atom is 0.342 e. The fraction of sp³-hybridized carbons (Fsp3) is 0.231. The summed E-state index contributed by atoms with van der Waals surface area (Å²) in [4.78, 5) is 51.5. The van der Waals surface area contributed by atoms with Crippen molar-refractivity contribution in [1.29, 1.82) is 0 Å². The minimum absolute atomic E-state index is 0.0238. The van der Waals surface area contributed by atoms with Crippen molar-refractivity contribution in [3.05, 3.63) is 38.0 Å². The Morgan fingerprint density at radius 3 is 2.18 bits per heavy atom. The topological polar surface area (TPSA) is 128 Å². The van der Waals surface area contributed by atoms with Crippen LogP contribution in [-0.4, -0.2) is 43.2 Å². The van der Waals surface area contributed by atoms with E-state index in [-0.39, 0.29) is 27.8 Å². The molecule has 1 aromatic carbocycles. The monoisotopic (exact) mass is 308 g/mol. The number of carbonyl (C=O) groups excluding carboxylic acids is 2. The van der Waals surface area contributed by atoms with Crippen molar-refractivity contribution in [3.8, 4) is 5.75 Å². The number of H-pyrrole nitrogens is 2. The quantitative estimate of drug-likeness (QED) is 0.751. The second-order valence-corrected chi connectivity index (χ2v) is 4.15. The van der Waals surface area contributed by atoms with Crippen LogP contribution in [0.5, 0.6) is 5.75 Å². The van der Waals surface area contributed by atoms with Crippen molar-refractivity contribution >= 4 is 22.8 Å². The predicted octanol–water partition coefficient (Wildman–Crippen LogP) is -0.202. The number of methoxy groups -OCH3 is 3. The molecule has 0 fully saturated rings. The van der Waals surface area contributed by atoms with Crippen molar-refractivity contribution in [2.45, 2.75) is 0 Å². The molecule has 1 heterocycles. The summed E-state index contributed by atoms with van der Waals surface area (Å²) in [5.41, 5.74) is -2.00. The summed E-state index contributed by atoms with van der Waals surface area (Å²) < 4.78 is 14.3. The van der Waals surface area contributed by atoms with Crippen LogP contribution in [0.1, 0.15) is 20.7 Å². The molecule has 0 amide bonds. The Morgan fingerprint density at radius 2 is 1.64 bits per heavy atom. The Morgan fingerprint density at radius 1 is 1.00 bits per heavy atom. The molecule has 1 aromatic heterocycles. The highest BCUT2D eigenvalue weighted by atomic mass is 16.5. The van der Waals surface area contributed by atoms with E-state index in [9.17, 15) is 19.2 Å². The Bertz CT molecular complexity index is 878. The number of esters is 2. The van der Waals surface area contributed by atoms with E-state index in [0.717, 1.165) is 20.3 Å². The van der Waals surface area contributed by atoms with E-state index >= 15 is 0 Å². The third-order valence-electron chi connectivity index (χ3n) is 2.99. The average molecular weight is 308 g/mol. The molecule has 2 aromatic rings. The molecule has 0 saturated heterocycles. The van der Waals surface area contributed by atoms with Gasteiger partial charge in [-0.3, -0.25) is 9.78 Å². The normalized spacial score (nSPS) is 10.3. The van der Waals surface area contributed by atoms with Crippen LogP contribution in [0.3, 0.4) is 0 Å². The molecule has 0 saturated carbocycles. The first-order valence-electron chi connectivity index (χ1n) is 5.98. The number of rotatable bonds is 3. The Kier molecular flexibility index (Phi) is 3.97. The van der Waals surface area contributed by atoms with E-state index in [4.69, 9.17) is 4.74 Å². The van der Waals surface area contributed by atoms with Crippen LogP contribution in [0.2, 0.25) is 0 Å². The fourth-order valence-corrected chi connectivity index (χ4v) is 2.06. The summed E-state index contributed by atoms with van der Waals surface area (Å²) >= 11 is 0. The molecular weight excluding hydrogens is 296 g/mol. The fourth-order valence-electron chi connectivity index (χ4n) is 2.06. The van der Waals surface area contributed by atoms with Gasteiger partial charge in [0.1, 0.15) is 5.56 Å². The SMILES string of the molecule is COC(=O)c1cc2c(=O)[nH]c(=O)[nH]c2c(OC)c1C(=O)OC. The van der Waals surface area contributed by atoms with Crippen molar-refractivity contribution in [1.82, 2.24) is 9.97 Å². The van der Waals surface area contributed by atoms with Crippen LogP contribution in [0, 0.1) is 0 Å². The van der Waals surface area contributed by atoms with E-state index in [1.165, 1.54) is 7.11 Å². The maximum atomic E-state index is 12.0. The molecule has 0 aliphatic heterocycles. The van der Waals surface area contributed by atoms with E-state index < -0.39 is 23.2 Å². The Labute approximate surface area is 122 Å². The number of ether oxygens (including phenoxy) is 3. The summed E-state index contributed by atoms with van der Waals surface area (Å²) in [5, 5.41) is -0.0375. The van der Waals surface area contributed by atoms with Gasteiger partial charge in [-0.15, -0.1) is 0 Å². The summed E-state index contributed by atoms with van der Waals surface area (Å²) in [7, 11) is 3.46. The Hall–Kier alpha value is -3.10. The first-order chi connectivity index (χ1) is 10.4. The number of fused-ring (bicyclic) bond motifs is 1. The molecule has 2 rings (SSSR count). The van der Waals surface area contributed by atoms with E-state index in [1.807, 2.05) is 4.98 Å². The van der Waals surface area contributed by atoms with E-state index in [1.54, 1.807) is 0 Å². The van der Waals surface area contributed by atoms with Crippen LogP contribution in [-0.2, 0) is 9.47 Å². The van der Waals surface area contributed by atoms with Gasteiger partial charge < -0.3 is 19.2 Å². The second kappa shape index (κ2) is 5.72. The molecule has 0 bridgehead atoms. The molecule has 22 heavy (non-hydrogen) atoms. The molecule has 2 N–H and O–H groups in total. The molecule has 9 heteroatoms. The van der Waals surface area contributed by atoms with Gasteiger partial charge in [0, 0.05) is 0 Å². The zero-order valence-corrected chi connectivity index (χ0v) is 11.9. The number of nitrogens with one attached hydrogen (secondary N) is 2. The third-order valence-corrected chi connectivity index (χ3v) is 2.99. The zero-order chi connectivity index (χ0) is 16.4. The predicted molar refractivity (Wildman–Crippen MR) is 74.4 cm³/mol. The summed E-state index contributed by atoms with van der Waals surface area (Å²) in [6, 6.07) is 1.13. The minimum Gasteiger partial charge on any atom is -0.494 e. The molecule has 0 radical (unpaired) electrons. The molecular formula is C13H12N2O7. The second-order valence-electron chi connectivity index (χ2n) is 4.15. The van der Waals surface area contributed by atoms with Crippen LogP contribution < -0.4 is 16.0 Å². The van der Waals surface area contributed by atoms with Gasteiger partial charge in [-0.2, -0.15) is 0 Å².